The summed E-state index contributed by atoms with van der Waals surface area (Å²) in [6, 6.07) is 16.5. The first-order chi connectivity index (χ1) is 18.9. The summed E-state index contributed by atoms with van der Waals surface area (Å²) in [4.78, 5) is 42.5. The molecule has 2 fully saturated rings. The van der Waals surface area contributed by atoms with Crippen LogP contribution in [0.4, 0.5) is 11.8 Å². The van der Waals surface area contributed by atoms with Gasteiger partial charge in [0.15, 0.2) is 6.10 Å². The minimum absolute atomic E-state index is 0.0423. The van der Waals surface area contributed by atoms with Gasteiger partial charge in [-0.3, -0.25) is 14.0 Å². The van der Waals surface area contributed by atoms with Gasteiger partial charge in [-0.25, -0.2) is 15.0 Å². The summed E-state index contributed by atoms with van der Waals surface area (Å²) >= 11 is 0. The maximum Gasteiger partial charge on any atom is 0.303 e. The summed E-state index contributed by atoms with van der Waals surface area (Å²) in [5.41, 5.74) is 3.73. The molecular weight excluding hydrogens is 494 g/mol. The molecule has 0 saturated carbocycles. The molecule has 1 N–H and O–H groups in total. The van der Waals surface area contributed by atoms with Crippen molar-refractivity contribution in [2.75, 3.05) is 23.3 Å². The summed E-state index contributed by atoms with van der Waals surface area (Å²) in [5, 5.41) is 3.49. The number of likely N-dealkylation sites (tertiary alicyclic amines) is 1. The SMILES string of the molecule is CC(=O)O[C@@H](C)C(=O)N1CC2CC1CN2c1nc(-c2ccnc(N[C@@H](C)c3ccccc3)c2)cc2nccn12. The molecule has 39 heavy (non-hydrogen) atoms. The molecule has 1 amide bonds. The van der Waals surface area contributed by atoms with E-state index in [0.717, 1.165) is 35.1 Å². The van der Waals surface area contributed by atoms with E-state index >= 15 is 0 Å². The maximum atomic E-state index is 12.9. The second-order valence-electron chi connectivity index (χ2n) is 10.2. The largest absolute Gasteiger partial charge is 0.453 e. The lowest BCUT2D eigenvalue weighted by molar-refractivity contribution is -0.157. The molecule has 2 bridgehead atoms. The topological polar surface area (TPSA) is 105 Å². The van der Waals surface area contributed by atoms with Crippen molar-refractivity contribution in [1.82, 2.24) is 24.3 Å². The summed E-state index contributed by atoms with van der Waals surface area (Å²) in [6.07, 6.45) is 5.55. The van der Waals surface area contributed by atoms with E-state index in [9.17, 15) is 9.59 Å². The van der Waals surface area contributed by atoms with Crippen molar-refractivity contribution in [1.29, 1.82) is 0 Å². The number of hydrogen-bond acceptors (Lipinski definition) is 8. The number of pyridine rings is 1. The van der Waals surface area contributed by atoms with Crippen LogP contribution in [0, 0.1) is 0 Å². The molecule has 4 aromatic rings. The highest BCUT2D eigenvalue weighted by Gasteiger charge is 2.47. The van der Waals surface area contributed by atoms with Crippen LogP contribution in [0.15, 0.2) is 67.1 Å². The maximum absolute atomic E-state index is 12.9. The number of amides is 1. The number of nitrogens with zero attached hydrogens (tertiary/aromatic N) is 6. The van der Waals surface area contributed by atoms with E-state index in [1.165, 1.54) is 12.5 Å². The molecule has 6 rings (SSSR count). The molecule has 2 aliphatic heterocycles. The van der Waals surface area contributed by atoms with Gasteiger partial charge in [0.25, 0.3) is 5.91 Å². The molecular formula is C29H31N7O3. The fraction of sp³-hybridized carbons (Fsp3) is 0.345. The number of nitrogens with one attached hydrogen (secondary N) is 1. The third kappa shape index (κ3) is 4.78. The smallest absolute Gasteiger partial charge is 0.303 e. The summed E-state index contributed by atoms with van der Waals surface area (Å²) in [5.74, 6) is 0.978. The number of benzene rings is 1. The first-order valence-corrected chi connectivity index (χ1v) is 13.2. The third-order valence-corrected chi connectivity index (χ3v) is 7.56. The molecule has 0 radical (unpaired) electrons. The second kappa shape index (κ2) is 10.0. The number of carbonyl (C=O) groups is 2. The fourth-order valence-electron chi connectivity index (χ4n) is 5.69. The zero-order valence-electron chi connectivity index (χ0n) is 22.2. The molecule has 10 nitrogen and oxygen atoms in total. The lowest BCUT2D eigenvalue weighted by Crippen LogP contribution is -2.52. The zero-order chi connectivity index (χ0) is 27.1. The lowest BCUT2D eigenvalue weighted by atomic mass is 10.1. The zero-order valence-corrected chi connectivity index (χ0v) is 22.2. The Labute approximate surface area is 226 Å². The number of esters is 1. The number of ether oxygens (including phenoxy) is 1. The van der Waals surface area contributed by atoms with E-state index in [1.54, 1.807) is 19.3 Å². The van der Waals surface area contributed by atoms with Crippen LogP contribution in [0.3, 0.4) is 0 Å². The average Bonchev–Trinajstić information content (AvgIpc) is 3.68. The van der Waals surface area contributed by atoms with Crippen LogP contribution in [0.2, 0.25) is 0 Å². The molecule has 1 aromatic carbocycles. The van der Waals surface area contributed by atoms with Crippen LogP contribution < -0.4 is 10.2 Å². The number of piperazine rings is 1. The van der Waals surface area contributed by atoms with Crippen molar-refractivity contribution in [2.45, 2.75) is 51.4 Å². The van der Waals surface area contributed by atoms with E-state index < -0.39 is 12.1 Å². The predicted molar refractivity (Wildman–Crippen MR) is 147 cm³/mol. The number of carbonyl (C=O) groups excluding carboxylic acids is 2. The molecule has 200 valence electrons. The van der Waals surface area contributed by atoms with Crippen molar-refractivity contribution < 1.29 is 14.3 Å². The van der Waals surface area contributed by atoms with Gasteiger partial charge in [-0.2, -0.15) is 0 Å². The highest BCUT2D eigenvalue weighted by atomic mass is 16.5. The van der Waals surface area contributed by atoms with E-state index in [1.807, 2.05) is 51.9 Å². The van der Waals surface area contributed by atoms with Crippen LogP contribution in [-0.4, -0.2) is 67.4 Å². The van der Waals surface area contributed by atoms with Gasteiger partial charge in [-0.15, -0.1) is 0 Å². The van der Waals surface area contributed by atoms with Crippen molar-refractivity contribution in [3.05, 3.63) is 72.7 Å². The quantitative estimate of drug-likeness (QED) is 0.364. The van der Waals surface area contributed by atoms with Gasteiger partial charge < -0.3 is 19.9 Å². The van der Waals surface area contributed by atoms with Crippen LogP contribution in [0.25, 0.3) is 16.9 Å². The minimum Gasteiger partial charge on any atom is -0.453 e. The highest BCUT2D eigenvalue weighted by Crippen LogP contribution is 2.36. The van der Waals surface area contributed by atoms with Crippen LogP contribution in [0.1, 0.15) is 38.8 Å². The van der Waals surface area contributed by atoms with Crippen LogP contribution in [-0.2, 0) is 14.3 Å². The molecule has 0 spiro atoms. The first-order valence-electron chi connectivity index (χ1n) is 13.2. The fourth-order valence-corrected chi connectivity index (χ4v) is 5.69. The average molecular weight is 526 g/mol. The Balaban J connectivity index is 1.25. The number of anilines is 2. The Hall–Kier alpha value is -4.47. The second-order valence-corrected chi connectivity index (χ2v) is 10.2. The van der Waals surface area contributed by atoms with Gasteiger partial charge in [0.2, 0.25) is 5.95 Å². The standard InChI is InChI=1S/C29H31N7O3/c1-18(21-7-5-4-6-8-21)32-26-13-22(9-10-30-26)25-15-27-31-11-12-34(27)29(33-25)36-17-23-14-24(36)16-35(23)28(38)19(2)39-20(3)37/h4-13,15,18-19,23-24H,14,16-17H2,1-3H3,(H,30,32)/t18-,19-,23?,24?/m0/s1. The van der Waals surface area contributed by atoms with Gasteiger partial charge in [-0.1, -0.05) is 30.3 Å². The Morgan fingerprint density at radius 1 is 1.03 bits per heavy atom. The van der Waals surface area contributed by atoms with Gasteiger partial charge in [0.05, 0.1) is 17.8 Å². The lowest BCUT2D eigenvalue weighted by Gasteiger charge is -2.36. The Bertz CT molecular complexity index is 1520. The molecule has 2 saturated heterocycles. The molecule has 3 aromatic heterocycles. The number of aromatic nitrogens is 4. The van der Waals surface area contributed by atoms with Gasteiger partial charge in [0, 0.05) is 56.3 Å². The van der Waals surface area contributed by atoms with Gasteiger partial charge >= 0.3 is 5.97 Å². The van der Waals surface area contributed by atoms with Crippen molar-refractivity contribution in [3.8, 4) is 11.3 Å². The molecule has 0 aliphatic carbocycles. The van der Waals surface area contributed by atoms with Gasteiger partial charge in [0.1, 0.15) is 11.5 Å². The van der Waals surface area contributed by atoms with Crippen molar-refractivity contribution in [2.24, 2.45) is 0 Å². The number of imidazole rings is 1. The van der Waals surface area contributed by atoms with Crippen LogP contribution in [0.5, 0.6) is 0 Å². The van der Waals surface area contributed by atoms with Crippen molar-refractivity contribution >= 4 is 29.3 Å². The van der Waals surface area contributed by atoms with E-state index in [-0.39, 0.29) is 24.0 Å². The molecule has 5 heterocycles. The van der Waals surface area contributed by atoms with Gasteiger partial charge in [-0.05, 0) is 38.0 Å². The van der Waals surface area contributed by atoms with E-state index in [2.05, 4.69) is 39.2 Å². The number of rotatable bonds is 7. The van der Waals surface area contributed by atoms with E-state index in [4.69, 9.17) is 9.72 Å². The monoisotopic (exact) mass is 525 g/mol. The highest BCUT2D eigenvalue weighted by molar-refractivity contribution is 5.84. The molecule has 4 atom stereocenters. The number of fused-ring (bicyclic) bond motifs is 3. The molecule has 2 aliphatic rings. The molecule has 10 heteroatoms. The summed E-state index contributed by atoms with van der Waals surface area (Å²) < 4.78 is 7.13. The number of hydrogen-bond donors (Lipinski definition) is 1. The molecule has 2 unspecified atom stereocenters. The third-order valence-electron chi connectivity index (χ3n) is 7.56. The summed E-state index contributed by atoms with van der Waals surface area (Å²) in [7, 11) is 0. The minimum atomic E-state index is -0.781. The first kappa shape index (κ1) is 24.8. The van der Waals surface area contributed by atoms with Crippen molar-refractivity contribution in [3.63, 3.8) is 0 Å². The normalized spacial score (nSPS) is 19.8. The predicted octanol–water partition coefficient (Wildman–Crippen LogP) is 3.71. The van der Waals surface area contributed by atoms with Crippen LogP contribution >= 0.6 is 0 Å². The summed E-state index contributed by atoms with van der Waals surface area (Å²) in [6.45, 7) is 6.29. The van der Waals surface area contributed by atoms with E-state index in [0.29, 0.717) is 13.1 Å². The Morgan fingerprint density at radius 3 is 2.59 bits per heavy atom. The Morgan fingerprint density at radius 2 is 1.85 bits per heavy atom. The Kier molecular flexibility index (Phi) is 6.38.